The number of carbonyl (C=O) groups excluding carboxylic acids is 1. The second kappa shape index (κ2) is 10.9. The van der Waals surface area contributed by atoms with E-state index >= 15 is 0 Å². The van der Waals surface area contributed by atoms with Gasteiger partial charge in [-0.2, -0.15) is 18.3 Å². The summed E-state index contributed by atoms with van der Waals surface area (Å²) < 4.78 is 62.2. The number of fused-ring (bicyclic) bond motifs is 2. The van der Waals surface area contributed by atoms with E-state index in [0.29, 0.717) is 16.0 Å². The van der Waals surface area contributed by atoms with E-state index in [2.05, 4.69) is 15.7 Å². The number of nitro benzene ring substituents is 1. The number of ether oxygens (including phenoxy) is 1. The normalized spacial score (nSPS) is 17.5. The van der Waals surface area contributed by atoms with Gasteiger partial charge in [-0.1, -0.05) is 29.8 Å². The number of aromatic nitrogens is 2. The molecule has 1 aliphatic heterocycles. The Morgan fingerprint density at radius 1 is 1.07 bits per heavy atom. The van der Waals surface area contributed by atoms with Crippen LogP contribution in [0.1, 0.15) is 52.1 Å². The average Bonchev–Trinajstić information content (AvgIpc) is 3.56. The van der Waals surface area contributed by atoms with Crippen LogP contribution in [0, 0.1) is 15.9 Å². The summed E-state index contributed by atoms with van der Waals surface area (Å²) >= 11 is 6.40. The highest BCUT2D eigenvalue weighted by Gasteiger charge is 2.48. The molecule has 0 fully saturated rings. The minimum Gasteiger partial charge on any atom is -0.457 e. The van der Waals surface area contributed by atoms with E-state index in [9.17, 15) is 32.5 Å². The number of aryl methyl sites for hydroxylation is 2. The van der Waals surface area contributed by atoms with Crippen molar-refractivity contribution in [3.8, 4) is 11.5 Å². The highest BCUT2D eigenvalue weighted by molar-refractivity contribution is 6.36. The van der Waals surface area contributed by atoms with Crippen molar-refractivity contribution >= 4 is 34.7 Å². The summed E-state index contributed by atoms with van der Waals surface area (Å²) in [6.45, 7) is 0. The number of halogens is 5. The fourth-order valence-electron chi connectivity index (χ4n) is 5.41. The molecule has 14 heteroatoms. The van der Waals surface area contributed by atoms with Crippen LogP contribution in [0.3, 0.4) is 0 Å². The summed E-state index contributed by atoms with van der Waals surface area (Å²) in [6.07, 6.45) is -2.35. The Morgan fingerprint density at radius 3 is 2.53 bits per heavy atom. The number of hydrogen-bond donors (Lipinski definition) is 2. The number of hydrogen-bond acceptors (Lipinski definition) is 6. The average molecular weight is 616 g/mol. The van der Waals surface area contributed by atoms with Gasteiger partial charge in [-0.25, -0.2) is 9.07 Å². The highest BCUT2D eigenvalue weighted by Crippen LogP contribution is 2.46. The molecule has 6 rings (SSSR count). The molecule has 1 amide bonds. The van der Waals surface area contributed by atoms with Crippen molar-refractivity contribution in [2.45, 2.75) is 43.9 Å². The van der Waals surface area contributed by atoms with Crippen LogP contribution in [0.4, 0.5) is 34.8 Å². The third-order valence-corrected chi connectivity index (χ3v) is 7.81. The molecule has 9 nitrogen and oxygen atoms in total. The molecule has 0 spiro atoms. The maximum Gasteiger partial charge on any atom is 0.410 e. The minimum atomic E-state index is -4.75. The van der Waals surface area contributed by atoms with Crippen LogP contribution in [-0.2, 0) is 12.8 Å². The zero-order chi connectivity index (χ0) is 30.5. The van der Waals surface area contributed by atoms with E-state index in [1.807, 2.05) is 12.1 Å². The third kappa shape index (κ3) is 5.72. The van der Waals surface area contributed by atoms with Crippen LogP contribution in [0.15, 0.2) is 60.7 Å². The van der Waals surface area contributed by atoms with Crippen molar-refractivity contribution in [2.24, 2.45) is 0 Å². The number of carbonyl (C=O) groups is 1. The number of alkyl halides is 3. The SMILES string of the molecule is O=C(Nc1cc(Oc2ccc3c(c2)CCC3)cc([N+](=O)[O-])c1)c1nn2c(c1Cl)N[C@H](c1ccc(F)cc1)C[C@@H]2C(F)(F)F. The van der Waals surface area contributed by atoms with E-state index in [1.54, 1.807) is 6.07 Å². The maximum absolute atomic E-state index is 14.1. The zero-order valence-electron chi connectivity index (χ0n) is 22.1. The smallest absolute Gasteiger partial charge is 0.410 e. The first kappa shape index (κ1) is 28.5. The van der Waals surface area contributed by atoms with E-state index in [1.165, 1.54) is 29.8 Å². The Kier molecular flexibility index (Phi) is 7.20. The first-order valence-corrected chi connectivity index (χ1v) is 13.6. The lowest BCUT2D eigenvalue weighted by Crippen LogP contribution is -2.35. The number of rotatable bonds is 6. The quantitative estimate of drug-likeness (QED) is 0.130. The molecule has 2 aliphatic rings. The van der Waals surface area contributed by atoms with Crippen molar-refractivity contribution in [1.82, 2.24) is 9.78 Å². The molecule has 1 aromatic heterocycles. The summed E-state index contributed by atoms with van der Waals surface area (Å²) in [5, 5.41) is 20.4. The maximum atomic E-state index is 14.1. The molecule has 0 radical (unpaired) electrons. The van der Waals surface area contributed by atoms with Gasteiger partial charge in [-0.05, 0) is 60.2 Å². The topological polar surface area (TPSA) is 111 Å². The predicted octanol–water partition coefficient (Wildman–Crippen LogP) is 7.78. The first-order valence-electron chi connectivity index (χ1n) is 13.2. The number of non-ortho nitro benzene ring substituents is 1. The molecule has 43 heavy (non-hydrogen) atoms. The van der Waals surface area contributed by atoms with Crippen molar-refractivity contribution in [1.29, 1.82) is 0 Å². The van der Waals surface area contributed by atoms with Crippen LogP contribution in [-0.4, -0.2) is 26.8 Å². The van der Waals surface area contributed by atoms with Crippen molar-refractivity contribution < 1.29 is 32.0 Å². The highest BCUT2D eigenvalue weighted by atomic mass is 35.5. The molecule has 2 atom stereocenters. The third-order valence-electron chi connectivity index (χ3n) is 7.45. The Balaban J connectivity index is 1.29. The first-order chi connectivity index (χ1) is 20.5. The Morgan fingerprint density at radius 2 is 1.81 bits per heavy atom. The summed E-state index contributed by atoms with van der Waals surface area (Å²) in [5.74, 6) is -1.25. The number of nitro groups is 1. The number of amides is 1. The van der Waals surface area contributed by atoms with Crippen LogP contribution in [0.25, 0.3) is 0 Å². The Bertz CT molecular complexity index is 1740. The lowest BCUT2D eigenvalue weighted by molar-refractivity contribution is -0.384. The molecule has 2 heterocycles. The van der Waals surface area contributed by atoms with Gasteiger partial charge < -0.3 is 15.4 Å². The largest absolute Gasteiger partial charge is 0.457 e. The van der Waals surface area contributed by atoms with E-state index in [0.717, 1.165) is 43.0 Å². The summed E-state index contributed by atoms with van der Waals surface area (Å²) in [4.78, 5) is 24.2. The lowest BCUT2D eigenvalue weighted by atomic mass is 9.97. The van der Waals surface area contributed by atoms with Gasteiger partial charge in [0.1, 0.15) is 28.2 Å². The van der Waals surface area contributed by atoms with Gasteiger partial charge in [-0.3, -0.25) is 14.9 Å². The molecule has 1 aliphatic carbocycles. The number of anilines is 2. The molecule has 0 saturated heterocycles. The molecular weight excluding hydrogens is 594 g/mol. The lowest BCUT2D eigenvalue weighted by Gasteiger charge is -2.33. The molecule has 222 valence electrons. The van der Waals surface area contributed by atoms with Crippen molar-refractivity contribution in [3.05, 3.63) is 104 Å². The van der Waals surface area contributed by atoms with Crippen LogP contribution >= 0.6 is 11.6 Å². The van der Waals surface area contributed by atoms with E-state index in [-0.39, 0.29) is 28.0 Å². The van der Waals surface area contributed by atoms with Gasteiger partial charge in [0.2, 0.25) is 0 Å². The molecule has 2 N–H and O–H groups in total. The van der Waals surface area contributed by atoms with Gasteiger partial charge in [0.25, 0.3) is 11.6 Å². The van der Waals surface area contributed by atoms with Gasteiger partial charge in [0.15, 0.2) is 11.7 Å². The van der Waals surface area contributed by atoms with Crippen molar-refractivity contribution in [3.63, 3.8) is 0 Å². The molecular formula is C29H22ClF4N5O4. The Labute approximate surface area is 246 Å². The van der Waals surface area contributed by atoms with E-state index in [4.69, 9.17) is 16.3 Å². The zero-order valence-corrected chi connectivity index (χ0v) is 22.9. The summed E-state index contributed by atoms with van der Waals surface area (Å²) in [5.41, 5.74) is 1.77. The van der Waals surface area contributed by atoms with Gasteiger partial charge in [0.05, 0.1) is 22.7 Å². The van der Waals surface area contributed by atoms with Crippen molar-refractivity contribution in [2.75, 3.05) is 10.6 Å². The monoisotopic (exact) mass is 615 g/mol. The second-order valence-corrected chi connectivity index (χ2v) is 10.7. The van der Waals surface area contributed by atoms with Crippen LogP contribution in [0.5, 0.6) is 11.5 Å². The number of nitrogens with zero attached hydrogens (tertiary/aromatic N) is 3. The van der Waals surface area contributed by atoms with E-state index < -0.39 is 47.0 Å². The van der Waals surface area contributed by atoms with Crippen LogP contribution in [0.2, 0.25) is 5.02 Å². The number of benzene rings is 3. The Hall–Kier alpha value is -4.65. The standard InChI is InChI=1S/C29H22ClF4N5O4/c30-25-26(37-38-24(29(32,33)34)14-23(36-27(25)38)16-4-7-18(31)8-5-16)28(40)35-19-11-20(39(41)42)13-22(12-19)43-21-9-6-15-2-1-3-17(15)10-21/h4-13,23-24,36H,1-3,14H2,(H,35,40)/t23-,24+/m0/s1. The van der Waals surface area contributed by atoms with Crippen LogP contribution < -0.4 is 15.4 Å². The van der Waals surface area contributed by atoms with Gasteiger partial charge in [0, 0.05) is 18.6 Å². The summed E-state index contributed by atoms with van der Waals surface area (Å²) in [6, 6.07) is 11.1. The molecule has 3 aromatic carbocycles. The fourth-order valence-corrected chi connectivity index (χ4v) is 5.67. The van der Waals surface area contributed by atoms with Gasteiger partial charge in [-0.15, -0.1) is 0 Å². The minimum absolute atomic E-state index is 0.0538. The molecule has 0 saturated carbocycles. The molecule has 0 unspecified atom stereocenters. The second-order valence-electron chi connectivity index (χ2n) is 10.3. The number of nitrogens with one attached hydrogen (secondary N) is 2. The predicted molar refractivity (Wildman–Crippen MR) is 149 cm³/mol. The fraction of sp³-hybridized carbons (Fsp3) is 0.241. The molecule has 0 bridgehead atoms. The molecule has 4 aromatic rings. The summed E-state index contributed by atoms with van der Waals surface area (Å²) in [7, 11) is 0. The van der Waals surface area contributed by atoms with Gasteiger partial charge >= 0.3 is 6.18 Å².